The summed E-state index contributed by atoms with van der Waals surface area (Å²) in [5.74, 6) is 0.745. The molecule has 3 heteroatoms. The number of aryl methyl sites for hydroxylation is 1. The fourth-order valence-electron chi connectivity index (χ4n) is 3.33. The summed E-state index contributed by atoms with van der Waals surface area (Å²) >= 11 is 3.46. The molecule has 0 saturated carbocycles. The van der Waals surface area contributed by atoms with Gasteiger partial charge in [0.15, 0.2) is 0 Å². The molecule has 1 unspecified atom stereocenters. The molecule has 1 aromatic carbocycles. The van der Waals surface area contributed by atoms with Gasteiger partial charge in [-0.2, -0.15) is 0 Å². The second-order valence-electron chi connectivity index (χ2n) is 6.72. The van der Waals surface area contributed by atoms with E-state index in [1.165, 1.54) is 11.1 Å². The molecule has 1 aromatic rings. The van der Waals surface area contributed by atoms with Crippen LogP contribution in [0.3, 0.4) is 0 Å². The van der Waals surface area contributed by atoms with Gasteiger partial charge in [-0.1, -0.05) is 59.6 Å². The summed E-state index contributed by atoms with van der Waals surface area (Å²) < 4.78 is 0.955. The summed E-state index contributed by atoms with van der Waals surface area (Å²) in [5.41, 5.74) is 4.93. The van der Waals surface area contributed by atoms with E-state index in [9.17, 15) is 5.11 Å². The zero-order valence-electron chi connectivity index (χ0n) is 13.3. The average molecular weight is 562 g/mol. The Balaban J connectivity index is 0.00000220. The Morgan fingerprint density at radius 1 is 1.33 bits per heavy atom. The smallest absolute Gasteiger partial charge is 0.119 e. The molecular weight excluding hydrogens is 539 g/mol. The van der Waals surface area contributed by atoms with Crippen molar-refractivity contribution in [3.05, 3.63) is 51.5 Å². The Hall–Kier alpha value is 0.422. The van der Waals surface area contributed by atoms with Gasteiger partial charge < -0.3 is 5.11 Å². The van der Waals surface area contributed by atoms with Crippen molar-refractivity contribution >= 4 is 15.9 Å². The minimum Gasteiger partial charge on any atom is -0.508 e. The fraction of sp³-hybridized carbons (Fsp3) is 0.444. The number of aromatic hydroxyl groups is 1. The molecule has 1 N–H and O–H groups in total. The van der Waals surface area contributed by atoms with Crippen LogP contribution in [0.1, 0.15) is 38.3 Å². The van der Waals surface area contributed by atoms with E-state index in [0.717, 1.165) is 28.4 Å². The molecule has 0 bridgehead atoms. The molecular formula is C18H23AcBrO. The van der Waals surface area contributed by atoms with Crippen molar-refractivity contribution in [3.8, 4) is 5.75 Å². The normalized spacial score (nSPS) is 20.7. The number of halogens is 1. The SMILES string of the molecule is C=C1C=C(C)CC(C)(C)C1Cc1cc(C)c(Br)cc1O.[Ac]. The van der Waals surface area contributed by atoms with Gasteiger partial charge in [0.2, 0.25) is 0 Å². The minimum atomic E-state index is 0. The first-order chi connectivity index (χ1) is 9.20. The molecule has 0 spiro atoms. The van der Waals surface area contributed by atoms with Crippen molar-refractivity contribution in [2.75, 3.05) is 0 Å². The van der Waals surface area contributed by atoms with Crippen LogP contribution in [-0.4, -0.2) is 5.11 Å². The first kappa shape index (κ1) is 19.5. The molecule has 1 nitrogen and oxygen atoms in total. The van der Waals surface area contributed by atoms with E-state index >= 15 is 0 Å². The van der Waals surface area contributed by atoms with Crippen molar-refractivity contribution in [2.45, 2.75) is 40.5 Å². The van der Waals surface area contributed by atoms with Gasteiger partial charge in [0, 0.05) is 48.5 Å². The first-order valence-corrected chi connectivity index (χ1v) is 7.84. The average Bonchev–Trinajstić information content (AvgIpc) is 2.29. The zero-order valence-corrected chi connectivity index (χ0v) is 19.7. The molecule has 1 radical (unpaired) electrons. The van der Waals surface area contributed by atoms with Gasteiger partial charge in [0.25, 0.3) is 0 Å². The molecule has 21 heavy (non-hydrogen) atoms. The minimum absolute atomic E-state index is 0. The van der Waals surface area contributed by atoms with E-state index in [1.54, 1.807) is 6.07 Å². The topological polar surface area (TPSA) is 20.2 Å². The van der Waals surface area contributed by atoms with Crippen LogP contribution in [0.2, 0.25) is 0 Å². The second-order valence-corrected chi connectivity index (χ2v) is 7.57. The maximum absolute atomic E-state index is 10.2. The van der Waals surface area contributed by atoms with Crippen molar-refractivity contribution in [1.29, 1.82) is 0 Å². The Bertz CT molecular complexity index is 587. The summed E-state index contributed by atoms with van der Waals surface area (Å²) in [7, 11) is 0. The van der Waals surface area contributed by atoms with Gasteiger partial charge in [0.1, 0.15) is 5.75 Å². The van der Waals surface area contributed by atoms with Crippen molar-refractivity contribution in [2.24, 2.45) is 11.3 Å². The monoisotopic (exact) mass is 561 g/mol. The largest absolute Gasteiger partial charge is 0.508 e. The van der Waals surface area contributed by atoms with Crippen LogP contribution < -0.4 is 0 Å². The quantitative estimate of drug-likeness (QED) is 0.501. The van der Waals surface area contributed by atoms with E-state index in [2.05, 4.69) is 62.3 Å². The van der Waals surface area contributed by atoms with Gasteiger partial charge >= 0.3 is 0 Å². The second kappa shape index (κ2) is 7.33. The molecule has 1 atom stereocenters. The van der Waals surface area contributed by atoms with E-state index in [-0.39, 0.29) is 49.5 Å². The number of benzene rings is 1. The summed E-state index contributed by atoms with van der Waals surface area (Å²) in [4.78, 5) is 0. The predicted molar refractivity (Wildman–Crippen MR) is 89.0 cm³/mol. The van der Waals surface area contributed by atoms with Crippen LogP contribution in [0.4, 0.5) is 0 Å². The van der Waals surface area contributed by atoms with Crippen LogP contribution in [-0.2, 0) is 6.42 Å². The van der Waals surface area contributed by atoms with Gasteiger partial charge in [-0.05, 0) is 55.2 Å². The van der Waals surface area contributed by atoms with Gasteiger partial charge in [-0.15, -0.1) is 0 Å². The van der Waals surface area contributed by atoms with Crippen molar-refractivity contribution in [3.63, 3.8) is 0 Å². The van der Waals surface area contributed by atoms with Crippen molar-refractivity contribution in [1.82, 2.24) is 0 Å². The van der Waals surface area contributed by atoms with E-state index in [4.69, 9.17) is 0 Å². The van der Waals surface area contributed by atoms with Gasteiger partial charge in [-0.3, -0.25) is 0 Å². The molecule has 1 aliphatic carbocycles. The third kappa shape index (κ3) is 4.46. The fourth-order valence-corrected chi connectivity index (χ4v) is 3.66. The molecule has 0 amide bonds. The van der Waals surface area contributed by atoms with E-state index < -0.39 is 0 Å². The number of rotatable bonds is 2. The standard InChI is InChI=1S/C18H23BrO.Ac/c1-11-6-12(2)15(18(4,5)10-11)8-14-7-13(3)16(19)9-17(14)20;/h6-7,9,15,20H,2,8,10H2,1,3-5H3;. The molecule has 0 heterocycles. The summed E-state index contributed by atoms with van der Waals surface area (Å²) in [6.07, 6.45) is 4.14. The van der Waals surface area contributed by atoms with E-state index in [1.807, 2.05) is 0 Å². The van der Waals surface area contributed by atoms with Crippen molar-refractivity contribution < 1.29 is 49.2 Å². The molecule has 2 rings (SSSR count). The zero-order chi connectivity index (χ0) is 15.1. The Morgan fingerprint density at radius 3 is 2.52 bits per heavy atom. The third-order valence-electron chi connectivity index (χ3n) is 4.34. The molecule has 0 saturated heterocycles. The van der Waals surface area contributed by atoms with Gasteiger partial charge in [0.05, 0.1) is 0 Å². The van der Waals surface area contributed by atoms with Crippen LogP contribution in [0, 0.1) is 62.3 Å². The molecule has 111 valence electrons. The van der Waals surface area contributed by atoms with Crippen LogP contribution >= 0.6 is 15.9 Å². The Kier molecular flexibility index (Phi) is 6.79. The summed E-state index contributed by atoms with van der Waals surface area (Å²) in [6.45, 7) is 13.1. The number of hydrogen-bond donors (Lipinski definition) is 1. The first-order valence-electron chi connectivity index (χ1n) is 7.04. The molecule has 1 aliphatic rings. The van der Waals surface area contributed by atoms with Crippen LogP contribution in [0.15, 0.2) is 40.4 Å². The maximum Gasteiger partial charge on any atom is 0.119 e. The van der Waals surface area contributed by atoms with Crippen LogP contribution in [0.5, 0.6) is 5.75 Å². The molecule has 0 aliphatic heterocycles. The van der Waals surface area contributed by atoms with Gasteiger partial charge in [-0.25, -0.2) is 0 Å². The number of phenolic OH excluding ortho intramolecular Hbond substituents is 1. The predicted octanol–water partition coefficient (Wildman–Crippen LogP) is 5.55. The number of phenols is 1. The maximum atomic E-state index is 10.2. The molecule has 0 fully saturated rings. The number of hydrogen-bond acceptors (Lipinski definition) is 1. The Labute approximate surface area is 172 Å². The third-order valence-corrected chi connectivity index (χ3v) is 5.20. The summed E-state index contributed by atoms with van der Waals surface area (Å²) in [5, 5.41) is 10.2. The Morgan fingerprint density at radius 2 is 1.95 bits per heavy atom. The summed E-state index contributed by atoms with van der Waals surface area (Å²) in [6, 6.07) is 3.87. The van der Waals surface area contributed by atoms with Crippen LogP contribution in [0.25, 0.3) is 0 Å². The molecule has 0 aromatic heterocycles. The number of allylic oxidation sites excluding steroid dienone is 3. The van der Waals surface area contributed by atoms with E-state index in [0.29, 0.717) is 11.7 Å².